The molecule has 4 saturated heterocycles. The molecule has 6 atom stereocenters. The van der Waals surface area contributed by atoms with Gasteiger partial charge in [0.25, 0.3) is 0 Å². The summed E-state index contributed by atoms with van der Waals surface area (Å²) in [4.78, 5) is 119. The van der Waals surface area contributed by atoms with Gasteiger partial charge in [-0.05, 0) is 236 Å². The van der Waals surface area contributed by atoms with Crippen LogP contribution in [0, 0.1) is 50.1 Å². The van der Waals surface area contributed by atoms with Gasteiger partial charge in [0.1, 0.15) is 34.9 Å². The van der Waals surface area contributed by atoms with Crippen LogP contribution in [0.4, 0.5) is 30.6 Å². The summed E-state index contributed by atoms with van der Waals surface area (Å²) < 4.78 is 60.6. The lowest BCUT2D eigenvalue weighted by molar-refractivity contribution is -0.128. The van der Waals surface area contributed by atoms with Gasteiger partial charge >= 0.3 is 24.2 Å². The van der Waals surface area contributed by atoms with E-state index in [4.69, 9.17) is 80.6 Å². The van der Waals surface area contributed by atoms with Crippen molar-refractivity contribution in [3.8, 4) is 50.8 Å². The molecule has 702 valence electrons. The van der Waals surface area contributed by atoms with Crippen molar-refractivity contribution in [3.05, 3.63) is 244 Å². The smallest absolute Gasteiger partial charge is 0.400 e. The lowest BCUT2D eigenvalue weighted by Crippen LogP contribution is -2.58. The van der Waals surface area contributed by atoms with Crippen LogP contribution in [0.5, 0.6) is 0 Å². The minimum absolute atomic E-state index is 0.0438. The standard InChI is InChI=1S/C33H35ClFN7O2.C31H34ClFN6O.C28H29Cl2FN6O.C9H17BO2/c1-9-26(43)40-15-20(7)41(16-19(40)6)31-23-14-24(34)28(22-12-10-11-13-25(22)35)38-32(23)42(33(44)39-31)29-21(8)36-30(18(4)5)37-27(29)17(2)3;1-16(2)25-27(20(7)34-28(35-25)17(3)4)39-30-22(14-23(32)26(36-30)21-10-8-9-11-24(21)33)29(37-31(39)40)38-15-18(5)12-13-19(38)6;1-14(2)22-24(17(5)32-27(30)34-22)37-26-19(12-20(29)23(33-26)18-8-6-7-9-21(18)31)25(35-28(37)38)36-13-15(3)10-11-16(36)4;1-7(2)10-11-8(3,4)9(5,6)12-10/h9-14,17,19-20H,1,4,15-16H2,2-3,5-8H3;8-11,14,16,18-19H,3,12-13,15H2,1-2,4-7H3;6-9,12,14-16H,10-11,13H2,1-5H3;1H2,2-6H3/t19-,20+;18-,19-;15-,16-;/m100./s1. The van der Waals surface area contributed by atoms with Gasteiger partial charge in [-0.2, -0.15) is 15.0 Å². The first-order valence-electron chi connectivity index (χ1n) is 45.2. The van der Waals surface area contributed by atoms with Crippen LogP contribution in [-0.4, -0.2) is 153 Å². The lowest BCUT2D eigenvalue weighted by Gasteiger charge is -2.44. The molecule has 0 aliphatic carbocycles. The van der Waals surface area contributed by atoms with Crippen molar-refractivity contribution in [1.82, 2.24) is 78.4 Å². The van der Waals surface area contributed by atoms with Crippen LogP contribution < -0.4 is 31.8 Å². The summed E-state index contributed by atoms with van der Waals surface area (Å²) in [5.41, 5.74) is 7.46. The number of halogens is 7. The number of rotatable bonds is 16. The van der Waals surface area contributed by atoms with E-state index in [-0.39, 0.29) is 126 Å². The lowest BCUT2D eigenvalue weighted by atomic mass is 9.81. The molecule has 0 unspecified atom stereocenters. The van der Waals surface area contributed by atoms with E-state index >= 15 is 4.39 Å². The Hall–Kier alpha value is -11.5. The number of benzene rings is 3. The van der Waals surface area contributed by atoms with Gasteiger partial charge < -0.3 is 28.9 Å². The fourth-order valence-corrected chi connectivity index (χ4v) is 18.3. The summed E-state index contributed by atoms with van der Waals surface area (Å²) in [6, 6.07) is 24.0. The highest BCUT2D eigenvalue weighted by Crippen LogP contribution is 2.44. The number of anilines is 3. The van der Waals surface area contributed by atoms with E-state index in [1.165, 1.54) is 38.0 Å². The first-order chi connectivity index (χ1) is 63.1. The Balaban J connectivity index is 0.000000160. The average Bonchev–Trinajstić information content (AvgIpc) is 0.970. The molecule has 4 fully saturated rings. The van der Waals surface area contributed by atoms with E-state index in [2.05, 4.69) is 98.7 Å². The summed E-state index contributed by atoms with van der Waals surface area (Å²) >= 11 is 26.6. The van der Waals surface area contributed by atoms with Gasteiger partial charge in [-0.25, -0.2) is 86.1 Å². The summed E-state index contributed by atoms with van der Waals surface area (Å²) in [7, 11) is -0.241. The second kappa shape index (κ2) is 40.2. The first-order valence-corrected chi connectivity index (χ1v) is 46.7. The number of fused-ring (bicyclic) bond motifs is 3. The summed E-state index contributed by atoms with van der Waals surface area (Å²) in [5.74, 6) is 1.52. The predicted octanol–water partition coefficient (Wildman–Crippen LogP) is 22.2. The van der Waals surface area contributed by atoms with Gasteiger partial charge in [-0.15, -0.1) is 6.58 Å². The second-order valence-electron chi connectivity index (χ2n) is 37.6. The van der Waals surface area contributed by atoms with E-state index in [1.54, 1.807) is 91.5 Å². The van der Waals surface area contributed by atoms with Crippen molar-refractivity contribution in [2.45, 2.75) is 231 Å². The third-order valence-electron chi connectivity index (χ3n) is 25.2. The quantitative estimate of drug-likeness (QED) is 0.0494. The van der Waals surface area contributed by atoms with E-state index in [0.29, 0.717) is 138 Å². The van der Waals surface area contributed by atoms with Crippen LogP contribution in [0.1, 0.15) is 221 Å². The zero-order chi connectivity index (χ0) is 97.8. The van der Waals surface area contributed by atoms with Crippen molar-refractivity contribution >= 4 is 121 Å². The topological polar surface area (TPSA) is 269 Å². The molecule has 9 aromatic heterocycles. The number of nitrogens with zero attached hydrogens (tertiary/aromatic N) is 19. The predicted molar refractivity (Wildman–Crippen MR) is 534 cm³/mol. The maximum absolute atomic E-state index is 15.1. The number of aromatic nitrogens is 15. The van der Waals surface area contributed by atoms with Crippen molar-refractivity contribution in [2.24, 2.45) is 11.8 Å². The maximum Gasteiger partial charge on any atom is 0.489 e. The number of amides is 1. The van der Waals surface area contributed by atoms with E-state index < -0.39 is 34.5 Å². The number of pyridine rings is 3. The normalized spacial score (nSPS) is 18.2. The number of piperazine rings is 1. The Labute approximate surface area is 800 Å². The summed E-state index contributed by atoms with van der Waals surface area (Å²) in [6.07, 6.45) is 5.46. The number of allylic oxidation sites excluding steroid dienone is 3. The number of carbonyl (C=O) groups is 1. The highest BCUT2D eigenvalue weighted by molar-refractivity contribution is 6.54. The first kappa shape index (κ1) is 100.0. The molecule has 0 spiro atoms. The molecule has 0 saturated carbocycles. The molecule has 4 aliphatic heterocycles. The highest BCUT2D eigenvalue weighted by atomic mass is 35.5. The molecule has 16 rings (SSSR count). The Morgan fingerprint density at radius 2 is 0.769 bits per heavy atom. The van der Waals surface area contributed by atoms with Crippen molar-refractivity contribution in [2.75, 3.05) is 40.9 Å². The van der Waals surface area contributed by atoms with Crippen molar-refractivity contribution in [3.63, 3.8) is 0 Å². The number of piperidine rings is 2. The molecule has 25 nitrogen and oxygen atoms in total. The monoisotopic (exact) mass is 1900 g/mol. The molecular weight excluding hydrogens is 1780 g/mol. The second-order valence-corrected chi connectivity index (χ2v) is 39.1. The van der Waals surface area contributed by atoms with Crippen LogP contribution in [0.25, 0.3) is 95.1 Å². The molecule has 134 heavy (non-hydrogen) atoms. The number of aryl methyl sites for hydroxylation is 3. The van der Waals surface area contributed by atoms with Crippen LogP contribution in [0.3, 0.4) is 0 Å². The molecule has 0 N–H and O–H groups in total. The van der Waals surface area contributed by atoms with Gasteiger partial charge in [-0.1, -0.05) is 152 Å². The Bertz CT molecular complexity index is 6850. The number of hydrogen-bond donors (Lipinski definition) is 0. The van der Waals surface area contributed by atoms with Gasteiger partial charge in [0, 0.05) is 67.0 Å². The van der Waals surface area contributed by atoms with Gasteiger partial charge in [0.15, 0.2) is 28.6 Å². The molecule has 13 heterocycles. The third-order valence-corrected chi connectivity index (χ3v) is 26.3. The SMILES string of the molecule is C=C(C)B1OC(C)(C)C(C)(C)O1.C=C(C)c1nc(C)c(-n2c(=O)nc(N3C[C@@H](C)CC[C@@H]3C)c3cc(Cl)c(-c4ccccc4F)nc32)c(C(C)C)n1.C=CC(=O)N1C[C@H](C)N(c2nc(=O)n(-c3c(C)nc(C(=C)C)nc3C(C)C)c3nc(-c4ccccc4F)c(Cl)cc23)C[C@H]1C.Cc1nc(Cl)nc(C(C)C)c1-n1c(=O)nc(N2C[C@@H](C)CC[C@@H]2C)c2cc(Cl)c(-c3ccccc3F)nc21. The Morgan fingerprint density at radius 1 is 0.448 bits per heavy atom. The van der Waals surface area contributed by atoms with Gasteiger partial charge in [0.2, 0.25) is 11.2 Å². The Kier molecular flexibility index (Phi) is 30.0. The molecule has 12 aromatic rings. The third kappa shape index (κ3) is 20.1. The minimum atomic E-state index is -0.595. The zero-order valence-electron chi connectivity index (χ0n) is 80.1. The molecule has 0 radical (unpaired) electrons. The summed E-state index contributed by atoms with van der Waals surface area (Å²) in [6.45, 7) is 61.3. The van der Waals surface area contributed by atoms with Crippen LogP contribution in [0.2, 0.25) is 20.4 Å². The fourth-order valence-electron chi connectivity index (χ4n) is 17.3. The minimum Gasteiger partial charge on any atom is -0.400 e. The highest BCUT2D eigenvalue weighted by Gasteiger charge is 2.51. The van der Waals surface area contributed by atoms with Crippen LogP contribution in [-0.2, 0) is 14.1 Å². The van der Waals surface area contributed by atoms with Crippen molar-refractivity contribution in [1.29, 1.82) is 0 Å². The van der Waals surface area contributed by atoms with E-state index in [9.17, 15) is 28.0 Å². The maximum atomic E-state index is 15.1. The van der Waals surface area contributed by atoms with E-state index in [0.717, 1.165) is 49.8 Å². The molecular formula is C101H115BCl4F3N19O6. The van der Waals surface area contributed by atoms with E-state index in [1.807, 2.05) is 116 Å². The largest absolute Gasteiger partial charge is 0.489 e. The van der Waals surface area contributed by atoms with Crippen LogP contribution in [0.15, 0.2) is 143 Å². The molecule has 3 aromatic carbocycles. The number of hydrogen-bond acceptors (Lipinski definition) is 21. The van der Waals surface area contributed by atoms with Gasteiger partial charge in [-0.3, -0.25) is 4.79 Å². The summed E-state index contributed by atoms with van der Waals surface area (Å²) in [5, 5.41) is 2.54. The average molecular weight is 1900 g/mol. The van der Waals surface area contributed by atoms with Crippen LogP contribution >= 0.6 is 46.4 Å². The Morgan fingerprint density at radius 3 is 1.07 bits per heavy atom. The molecule has 4 aliphatic rings. The molecule has 0 bridgehead atoms. The van der Waals surface area contributed by atoms with Crippen molar-refractivity contribution < 1.29 is 27.3 Å². The van der Waals surface area contributed by atoms with Gasteiger partial charge in [0.05, 0.1) is 111 Å². The number of carbonyl (C=O) groups excluding carboxylic acids is 1. The molecule has 1 amide bonds. The fraction of sp³-hybridized carbons (Fsp3) is 0.406. The molecule has 33 heteroatoms. The zero-order valence-corrected chi connectivity index (χ0v) is 83.1.